The van der Waals surface area contributed by atoms with E-state index in [1.807, 2.05) is 61.2 Å². The van der Waals surface area contributed by atoms with E-state index in [1.54, 1.807) is 0 Å². The fourth-order valence-electron chi connectivity index (χ4n) is 5.06. The van der Waals surface area contributed by atoms with Crippen LogP contribution in [0.25, 0.3) is 22.6 Å². The molecule has 35 heavy (non-hydrogen) atoms. The lowest BCUT2D eigenvalue weighted by Crippen LogP contribution is -2.43. The molecular weight excluding hydrogens is 442 g/mol. The third-order valence-electron chi connectivity index (χ3n) is 7.41. The van der Waals surface area contributed by atoms with Crippen LogP contribution >= 0.6 is 0 Å². The summed E-state index contributed by atoms with van der Waals surface area (Å²) in [7, 11) is 0. The van der Waals surface area contributed by atoms with Crippen LogP contribution in [0, 0.1) is 18.8 Å². The molecule has 2 fully saturated rings. The summed E-state index contributed by atoms with van der Waals surface area (Å²) in [5, 5.41) is 3.05. The van der Waals surface area contributed by atoms with E-state index in [2.05, 4.69) is 10.3 Å². The van der Waals surface area contributed by atoms with Crippen LogP contribution in [0.5, 0.6) is 0 Å². The van der Waals surface area contributed by atoms with Crippen molar-refractivity contribution < 1.29 is 18.7 Å². The Kier molecular flexibility index (Phi) is 6.86. The predicted octanol–water partition coefficient (Wildman–Crippen LogP) is 4.59. The Morgan fingerprint density at radius 1 is 1.11 bits per heavy atom. The predicted molar refractivity (Wildman–Crippen MR) is 134 cm³/mol. The van der Waals surface area contributed by atoms with Crippen molar-refractivity contribution in [2.75, 3.05) is 26.2 Å². The summed E-state index contributed by atoms with van der Waals surface area (Å²) in [5.74, 6) is 0.850. The van der Waals surface area contributed by atoms with Crippen LogP contribution in [0.15, 0.2) is 46.9 Å². The van der Waals surface area contributed by atoms with E-state index < -0.39 is 0 Å². The molecule has 7 heteroatoms. The summed E-state index contributed by atoms with van der Waals surface area (Å²) in [6.07, 6.45) is 3.89. The number of nitrogens with one attached hydrogen (secondary N) is 1. The van der Waals surface area contributed by atoms with E-state index in [1.165, 1.54) is 5.56 Å². The Bertz CT molecular complexity index is 1190. The first-order chi connectivity index (χ1) is 17.0. The summed E-state index contributed by atoms with van der Waals surface area (Å²) < 4.78 is 11.5. The van der Waals surface area contributed by atoms with E-state index in [0.29, 0.717) is 42.2 Å². The molecule has 3 heterocycles. The normalized spacial score (nSPS) is 19.7. The summed E-state index contributed by atoms with van der Waals surface area (Å²) in [6.45, 7) is 6.73. The summed E-state index contributed by atoms with van der Waals surface area (Å²) in [4.78, 5) is 32.3. The SMILES string of the molecule is Cc1ccc(-c2nc3cc(C(=O)N4CCC([C@H](C)C(=O)NC[C@@H]5CCCO5)CC4)ccc3o2)cc1. The van der Waals surface area contributed by atoms with Gasteiger partial charge in [0.15, 0.2) is 5.58 Å². The molecule has 0 spiro atoms. The molecule has 0 aliphatic carbocycles. The van der Waals surface area contributed by atoms with Crippen molar-refractivity contribution in [1.29, 1.82) is 0 Å². The van der Waals surface area contributed by atoms with E-state index in [-0.39, 0.29) is 29.8 Å². The second kappa shape index (κ2) is 10.2. The van der Waals surface area contributed by atoms with Gasteiger partial charge < -0.3 is 19.4 Å². The van der Waals surface area contributed by atoms with Gasteiger partial charge in [-0.15, -0.1) is 0 Å². The lowest BCUT2D eigenvalue weighted by molar-refractivity contribution is -0.127. The molecule has 2 aliphatic rings. The molecule has 2 aliphatic heterocycles. The van der Waals surface area contributed by atoms with Gasteiger partial charge in [0.25, 0.3) is 5.91 Å². The summed E-state index contributed by atoms with van der Waals surface area (Å²) in [5.41, 5.74) is 4.05. The number of fused-ring (bicyclic) bond motifs is 1. The van der Waals surface area contributed by atoms with Gasteiger partial charge in [-0.25, -0.2) is 4.98 Å². The maximum atomic E-state index is 13.2. The van der Waals surface area contributed by atoms with Gasteiger partial charge in [0.2, 0.25) is 11.8 Å². The van der Waals surface area contributed by atoms with Gasteiger partial charge >= 0.3 is 0 Å². The number of oxazole rings is 1. The molecule has 1 N–H and O–H groups in total. The number of nitrogens with zero attached hydrogens (tertiary/aromatic N) is 2. The van der Waals surface area contributed by atoms with Gasteiger partial charge in [0, 0.05) is 43.3 Å². The largest absolute Gasteiger partial charge is 0.436 e. The fraction of sp³-hybridized carbons (Fsp3) is 0.464. The molecule has 2 aromatic carbocycles. The average Bonchev–Trinajstić information content (AvgIpc) is 3.56. The van der Waals surface area contributed by atoms with E-state index >= 15 is 0 Å². The lowest BCUT2D eigenvalue weighted by Gasteiger charge is -2.34. The van der Waals surface area contributed by atoms with Crippen LogP contribution in [0.4, 0.5) is 0 Å². The fourth-order valence-corrected chi connectivity index (χ4v) is 5.06. The standard InChI is InChI=1S/C28H33N3O4/c1-18-5-7-21(8-6-18)27-30-24-16-22(9-10-25(24)35-27)28(33)31-13-11-20(12-14-31)19(2)26(32)29-17-23-4-3-15-34-23/h5-10,16,19-20,23H,3-4,11-15,17H2,1-2H3,(H,29,32)/t19-,23-/m0/s1. The Hall–Kier alpha value is -3.19. The van der Waals surface area contributed by atoms with Gasteiger partial charge in [-0.1, -0.05) is 24.6 Å². The van der Waals surface area contributed by atoms with Crippen molar-refractivity contribution >= 4 is 22.9 Å². The number of ether oxygens (including phenoxy) is 1. The second-order valence-electron chi connectivity index (χ2n) is 9.87. The zero-order valence-corrected chi connectivity index (χ0v) is 20.5. The minimum atomic E-state index is -0.0691. The van der Waals surface area contributed by atoms with Crippen molar-refractivity contribution in [3.63, 3.8) is 0 Å². The minimum absolute atomic E-state index is 0.000669. The molecule has 3 aromatic rings. The number of carbonyl (C=O) groups is 2. The number of aromatic nitrogens is 1. The van der Waals surface area contributed by atoms with Gasteiger partial charge in [-0.05, 0) is 68.9 Å². The number of amides is 2. The van der Waals surface area contributed by atoms with Gasteiger partial charge in [0.05, 0.1) is 6.10 Å². The van der Waals surface area contributed by atoms with Crippen LogP contribution in [-0.2, 0) is 9.53 Å². The molecule has 0 radical (unpaired) electrons. The molecule has 2 atom stereocenters. The lowest BCUT2D eigenvalue weighted by atomic mass is 9.84. The van der Waals surface area contributed by atoms with E-state index in [0.717, 1.165) is 37.9 Å². The molecule has 0 unspecified atom stereocenters. The average molecular weight is 476 g/mol. The van der Waals surface area contributed by atoms with Crippen molar-refractivity contribution in [2.45, 2.75) is 45.6 Å². The molecule has 184 valence electrons. The molecule has 1 aromatic heterocycles. The maximum absolute atomic E-state index is 13.2. The third kappa shape index (κ3) is 5.25. The Balaban J connectivity index is 1.18. The summed E-state index contributed by atoms with van der Waals surface area (Å²) in [6, 6.07) is 13.5. The van der Waals surface area contributed by atoms with Crippen molar-refractivity contribution in [2.24, 2.45) is 11.8 Å². The molecule has 2 amide bonds. The number of hydrogen-bond donors (Lipinski definition) is 1. The number of hydrogen-bond acceptors (Lipinski definition) is 5. The molecule has 2 saturated heterocycles. The number of aryl methyl sites for hydroxylation is 1. The minimum Gasteiger partial charge on any atom is -0.436 e. The number of piperidine rings is 1. The number of rotatable bonds is 6. The first-order valence-electron chi connectivity index (χ1n) is 12.6. The van der Waals surface area contributed by atoms with E-state index in [4.69, 9.17) is 9.15 Å². The quantitative estimate of drug-likeness (QED) is 0.564. The number of likely N-dealkylation sites (tertiary alicyclic amines) is 1. The monoisotopic (exact) mass is 475 g/mol. The highest BCUT2D eigenvalue weighted by atomic mass is 16.5. The van der Waals surface area contributed by atoms with Crippen LogP contribution in [0.1, 0.15) is 48.5 Å². The zero-order valence-electron chi connectivity index (χ0n) is 20.5. The van der Waals surface area contributed by atoms with Gasteiger partial charge in [-0.2, -0.15) is 0 Å². The molecule has 0 saturated carbocycles. The number of benzene rings is 2. The Labute approximate surface area is 205 Å². The van der Waals surface area contributed by atoms with Crippen molar-refractivity contribution in [1.82, 2.24) is 15.2 Å². The summed E-state index contributed by atoms with van der Waals surface area (Å²) >= 11 is 0. The first kappa shape index (κ1) is 23.5. The van der Waals surface area contributed by atoms with Crippen molar-refractivity contribution in [3.8, 4) is 11.5 Å². The van der Waals surface area contributed by atoms with Crippen LogP contribution in [-0.4, -0.2) is 54.0 Å². The molecule has 0 bridgehead atoms. The number of carbonyl (C=O) groups excluding carboxylic acids is 2. The first-order valence-corrected chi connectivity index (χ1v) is 12.6. The van der Waals surface area contributed by atoms with Crippen LogP contribution in [0.2, 0.25) is 0 Å². The molecule has 5 rings (SSSR count). The highest BCUT2D eigenvalue weighted by Gasteiger charge is 2.30. The van der Waals surface area contributed by atoms with Crippen molar-refractivity contribution in [3.05, 3.63) is 53.6 Å². The smallest absolute Gasteiger partial charge is 0.253 e. The Morgan fingerprint density at radius 3 is 2.60 bits per heavy atom. The molecular formula is C28H33N3O4. The zero-order chi connectivity index (χ0) is 24.4. The third-order valence-corrected chi connectivity index (χ3v) is 7.41. The second-order valence-corrected chi connectivity index (χ2v) is 9.87. The molecule has 7 nitrogen and oxygen atoms in total. The topological polar surface area (TPSA) is 84.7 Å². The highest BCUT2D eigenvalue weighted by molar-refractivity contribution is 5.97. The maximum Gasteiger partial charge on any atom is 0.253 e. The highest BCUT2D eigenvalue weighted by Crippen LogP contribution is 2.28. The van der Waals surface area contributed by atoms with E-state index in [9.17, 15) is 9.59 Å². The van der Waals surface area contributed by atoms with Crippen LogP contribution in [0.3, 0.4) is 0 Å². The Morgan fingerprint density at radius 2 is 1.89 bits per heavy atom. The van der Waals surface area contributed by atoms with Crippen LogP contribution < -0.4 is 5.32 Å². The van der Waals surface area contributed by atoms with Gasteiger partial charge in [0.1, 0.15) is 5.52 Å². The van der Waals surface area contributed by atoms with Gasteiger partial charge in [-0.3, -0.25) is 9.59 Å².